The minimum Gasteiger partial charge on any atom is -0.397 e. The molecule has 0 fully saturated rings. The number of anilines is 2. The number of thiophene rings is 1. The minimum absolute atomic E-state index is 0.247. The molecule has 0 spiro atoms. The van der Waals surface area contributed by atoms with Crippen LogP contribution in [-0.4, -0.2) is 5.91 Å². The van der Waals surface area contributed by atoms with Crippen LogP contribution in [0.25, 0.3) is 10.2 Å². The van der Waals surface area contributed by atoms with Crippen molar-refractivity contribution < 1.29 is 9.78 Å². The fraction of sp³-hybridized carbons (Fsp3) is 0.0625. The summed E-state index contributed by atoms with van der Waals surface area (Å²) in [4.78, 5) is 16.3. The molecule has 8 heteroatoms. The van der Waals surface area contributed by atoms with Crippen molar-refractivity contribution in [3.05, 3.63) is 51.4 Å². The molecule has 0 radical (unpaired) electrons. The number of aromatic nitrogens is 1. The van der Waals surface area contributed by atoms with Gasteiger partial charge in [-0.15, -0.1) is 0 Å². The van der Waals surface area contributed by atoms with Crippen molar-refractivity contribution in [3.63, 3.8) is 0 Å². The standard InChI is InChI=1S/C16H12ClN5OS/c17-10-3-1-2-8(4-10)7-21-15(23)13-12(19)11-5-9(6-18)14(20)22-16(11)24-13/h1-5H,7,19H2,(H2,20,22)(H,21,23)/p+1. The highest BCUT2D eigenvalue weighted by molar-refractivity contribution is 7.20. The second-order valence-corrected chi connectivity index (χ2v) is 6.57. The van der Waals surface area contributed by atoms with Crippen LogP contribution in [0.1, 0.15) is 20.8 Å². The highest BCUT2D eigenvalue weighted by atomic mass is 35.5. The summed E-state index contributed by atoms with van der Waals surface area (Å²) in [5.74, 6) is -0.0451. The zero-order valence-corrected chi connectivity index (χ0v) is 14.0. The number of nitriles is 1. The highest BCUT2D eigenvalue weighted by Crippen LogP contribution is 2.32. The molecule has 120 valence electrons. The Hall–Kier alpha value is -2.82. The van der Waals surface area contributed by atoms with Gasteiger partial charge < -0.3 is 11.1 Å². The van der Waals surface area contributed by atoms with Crippen LogP contribution < -0.4 is 21.8 Å². The Bertz CT molecular complexity index is 992. The van der Waals surface area contributed by atoms with Gasteiger partial charge in [-0.25, -0.2) is 4.98 Å². The number of benzene rings is 1. The first-order chi connectivity index (χ1) is 11.5. The van der Waals surface area contributed by atoms with Crippen LogP contribution in [-0.2, 0) is 6.54 Å². The first-order valence-electron chi connectivity index (χ1n) is 6.96. The summed E-state index contributed by atoms with van der Waals surface area (Å²) in [5, 5.41) is 13.1. The van der Waals surface area contributed by atoms with E-state index in [0.29, 0.717) is 32.3 Å². The van der Waals surface area contributed by atoms with Crippen molar-refractivity contribution in [1.29, 1.82) is 5.26 Å². The maximum Gasteiger partial charge on any atom is 0.289 e. The predicted molar refractivity (Wildman–Crippen MR) is 94.5 cm³/mol. The average molecular weight is 359 g/mol. The largest absolute Gasteiger partial charge is 0.397 e. The summed E-state index contributed by atoms with van der Waals surface area (Å²) >= 11 is 7.12. The third kappa shape index (κ3) is 2.97. The van der Waals surface area contributed by atoms with E-state index in [2.05, 4.69) is 10.3 Å². The molecule has 1 amide bonds. The van der Waals surface area contributed by atoms with Gasteiger partial charge in [0.25, 0.3) is 11.7 Å². The number of carbonyl (C=O) groups is 1. The summed E-state index contributed by atoms with van der Waals surface area (Å²) in [6.07, 6.45) is 0. The second-order valence-electron chi connectivity index (χ2n) is 5.11. The van der Waals surface area contributed by atoms with E-state index in [9.17, 15) is 4.79 Å². The maximum absolute atomic E-state index is 12.4. The summed E-state index contributed by atoms with van der Waals surface area (Å²) < 4.78 is 0. The SMILES string of the molecule is N#Cc1cc2c(N)c(C(=O)NCc3cccc(Cl)c3)sc2[nH+]c1N. The third-order valence-electron chi connectivity index (χ3n) is 3.48. The van der Waals surface area contributed by atoms with Gasteiger partial charge in [-0.05, 0) is 23.8 Å². The van der Waals surface area contributed by atoms with Gasteiger partial charge in [-0.2, -0.15) is 5.26 Å². The number of H-pyrrole nitrogens is 1. The number of nitrogens with zero attached hydrogens (tertiary/aromatic N) is 1. The van der Waals surface area contributed by atoms with E-state index in [1.165, 1.54) is 11.3 Å². The molecule has 0 unspecified atom stereocenters. The molecule has 0 aliphatic heterocycles. The van der Waals surface area contributed by atoms with Crippen LogP contribution >= 0.6 is 22.9 Å². The van der Waals surface area contributed by atoms with Gasteiger partial charge in [-0.1, -0.05) is 35.1 Å². The number of nitrogens with one attached hydrogen (secondary N) is 2. The van der Waals surface area contributed by atoms with Crippen LogP contribution in [0.15, 0.2) is 30.3 Å². The molecular weight excluding hydrogens is 346 g/mol. The van der Waals surface area contributed by atoms with Crippen LogP contribution in [0.3, 0.4) is 0 Å². The third-order valence-corrected chi connectivity index (χ3v) is 4.85. The topological polar surface area (TPSA) is 119 Å². The summed E-state index contributed by atoms with van der Waals surface area (Å²) in [5.41, 5.74) is 13.3. The molecule has 3 rings (SSSR count). The molecule has 6 N–H and O–H groups in total. The molecule has 0 aliphatic carbocycles. The Morgan fingerprint density at radius 1 is 1.38 bits per heavy atom. The number of carbonyl (C=O) groups excluding carboxylic acids is 1. The fourth-order valence-corrected chi connectivity index (χ4v) is 3.52. The molecule has 0 saturated carbocycles. The lowest BCUT2D eigenvalue weighted by Crippen LogP contribution is -2.22. The number of hydrogen-bond donors (Lipinski definition) is 3. The molecule has 24 heavy (non-hydrogen) atoms. The van der Waals surface area contributed by atoms with E-state index in [-0.39, 0.29) is 17.3 Å². The first kappa shape index (κ1) is 16.1. The molecule has 0 bridgehead atoms. The minimum atomic E-state index is -0.292. The summed E-state index contributed by atoms with van der Waals surface area (Å²) in [6.45, 7) is 0.336. The van der Waals surface area contributed by atoms with E-state index in [4.69, 9.17) is 28.3 Å². The van der Waals surface area contributed by atoms with Gasteiger partial charge >= 0.3 is 0 Å². The second kappa shape index (κ2) is 6.35. The van der Waals surface area contributed by atoms with E-state index in [0.717, 1.165) is 5.56 Å². The van der Waals surface area contributed by atoms with Gasteiger partial charge in [0.15, 0.2) is 4.83 Å². The predicted octanol–water partition coefficient (Wildman–Crippen LogP) is 2.33. The molecule has 0 aliphatic rings. The van der Waals surface area contributed by atoms with Crippen LogP contribution in [0.2, 0.25) is 5.02 Å². The van der Waals surface area contributed by atoms with E-state index in [1.807, 2.05) is 18.2 Å². The number of nitrogens with two attached hydrogens (primary N) is 2. The number of halogens is 1. The van der Waals surface area contributed by atoms with Crippen LogP contribution in [0.4, 0.5) is 11.5 Å². The Balaban J connectivity index is 1.87. The molecule has 0 atom stereocenters. The number of rotatable bonds is 3. The van der Waals surface area contributed by atoms with Crippen molar-refractivity contribution in [2.45, 2.75) is 6.54 Å². The molecule has 0 saturated heterocycles. The van der Waals surface area contributed by atoms with Crippen molar-refractivity contribution >= 4 is 50.6 Å². The molecule has 2 heterocycles. The Morgan fingerprint density at radius 2 is 2.17 bits per heavy atom. The quantitative estimate of drug-likeness (QED) is 0.665. The van der Waals surface area contributed by atoms with E-state index in [1.54, 1.807) is 18.2 Å². The zero-order valence-electron chi connectivity index (χ0n) is 12.4. The molecule has 6 nitrogen and oxygen atoms in total. The zero-order chi connectivity index (χ0) is 17.3. The number of nitrogen functional groups attached to an aromatic ring is 2. The lowest BCUT2D eigenvalue weighted by Gasteiger charge is -2.05. The lowest BCUT2D eigenvalue weighted by molar-refractivity contribution is -0.323. The number of amides is 1. The lowest BCUT2D eigenvalue weighted by atomic mass is 10.2. The number of pyridine rings is 1. The van der Waals surface area contributed by atoms with Crippen LogP contribution in [0.5, 0.6) is 0 Å². The van der Waals surface area contributed by atoms with E-state index < -0.39 is 0 Å². The number of hydrogen-bond acceptors (Lipinski definition) is 5. The molecular formula is C16H13ClN5OS+. The number of fused-ring (bicyclic) bond motifs is 1. The van der Waals surface area contributed by atoms with Crippen molar-refractivity contribution in [1.82, 2.24) is 5.32 Å². The van der Waals surface area contributed by atoms with Crippen LogP contribution in [0, 0.1) is 11.3 Å². The van der Waals surface area contributed by atoms with Gasteiger partial charge in [0.1, 0.15) is 16.5 Å². The fourth-order valence-electron chi connectivity index (χ4n) is 2.28. The van der Waals surface area contributed by atoms with Gasteiger partial charge in [0, 0.05) is 11.6 Å². The maximum atomic E-state index is 12.4. The monoisotopic (exact) mass is 358 g/mol. The summed E-state index contributed by atoms with van der Waals surface area (Å²) in [6, 6.07) is 10.8. The molecule has 2 aromatic heterocycles. The van der Waals surface area contributed by atoms with Gasteiger partial charge in [0.05, 0.1) is 11.1 Å². The van der Waals surface area contributed by atoms with Crippen molar-refractivity contribution in [3.8, 4) is 6.07 Å². The molecule has 1 aromatic carbocycles. The Labute approximate surface area is 146 Å². The van der Waals surface area contributed by atoms with Crippen molar-refractivity contribution in [2.75, 3.05) is 11.5 Å². The average Bonchev–Trinajstić information content (AvgIpc) is 2.88. The Kier molecular flexibility index (Phi) is 4.25. The van der Waals surface area contributed by atoms with Gasteiger partial charge in [-0.3, -0.25) is 10.5 Å². The van der Waals surface area contributed by atoms with Crippen molar-refractivity contribution in [2.24, 2.45) is 0 Å². The Morgan fingerprint density at radius 3 is 2.88 bits per heavy atom. The summed E-state index contributed by atoms with van der Waals surface area (Å²) in [7, 11) is 0. The van der Waals surface area contributed by atoms with E-state index >= 15 is 0 Å². The first-order valence-corrected chi connectivity index (χ1v) is 8.15. The number of aromatic amines is 1. The highest BCUT2D eigenvalue weighted by Gasteiger charge is 2.20. The smallest absolute Gasteiger partial charge is 0.289 e. The molecule has 3 aromatic rings. The normalized spacial score (nSPS) is 10.5. The van der Waals surface area contributed by atoms with Gasteiger partial charge in [0.2, 0.25) is 0 Å².